The number of alkyl halides is 4. The molecule has 1 aliphatic rings. The summed E-state index contributed by atoms with van der Waals surface area (Å²) >= 11 is 0. The molecule has 1 N–H and O–H groups in total. The number of nitrogens with zero attached hydrogens (tertiary/aromatic N) is 5. The van der Waals surface area contributed by atoms with E-state index in [9.17, 15) is 31.1 Å². The molecule has 0 aliphatic heterocycles. The van der Waals surface area contributed by atoms with Gasteiger partial charge in [-0.3, -0.25) is 14.5 Å². The van der Waals surface area contributed by atoms with Crippen molar-refractivity contribution < 1.29 is 31.1 Å². The lowest BCUT2D eigenvalue weighted by Crippen LogP contribution is -2.34. The van der Waals surface area contributed by atoms with Crippen molar-refractivity contribution in [3.8, 4) is 11.1 Å². The lowest BCUT2D eigenvalue weighted by atomic mass is 9.94. The number of aromatic nitrogens is 5. The van der Waals surface area contributed by atoms with Crippen molar-refractivity contribution in [2.24, 2.45) is 0 Å². The summed E-state index contributed by atoms with van der Waals surface area (Å²) in [5.74, 6) is -2.97. The Labute approximate surface area is 247 Å². The van der Waals surface area contributed by atoms with Crippen LogP contribution in [0.2, 0.25) is 0 Å². The molecule has 3 aromatic heterocycles. The van der Waals surface area contributed by atoms with E-state index in [0.717, 1.165) is 22.9 Å². The van der Waals surface area contributed by atoms with Crippen LogP contribution in [0.15, 0.2) is 67.4 Å². The van der Waals surface area contributed by atoms with E-state index in [1.807, 2.05) is 12.1 Å². The van der Waals surface area contributed by atoms with Crippen molar-refractivity contribution >= 4 is 16.7 Å². The average molecular weight is 611 g/mol. The lowest BCUT2D eigenvalue weighted by molar-refractivity contribution is -0.122. The lowest BCUT2D eigenvalue weighted by Gasteiger charge is -2.22. The molecular formula is C31H24F6N6O. The standard InChI is InChI=1S/C31H24F6N6O/c32-19-8-16(9-20(33)11-19)10-24(27-23(13-39-15-40-27)22-3-1-2-18-12-38-7-6-21(18)22)41-25(44)14-43-29(31(36)37)26(17-4-5-17)28(42-43)30(34)35/h1-3,6-9,11-13,15,17,24,30-31H,4-5,10,14H2,(H,41,44)/t24-/m0/s1. The van der Waals surface area contributed by atoms with Gasteiger partial charge in [-0.25, -0.2) is 36.3 Å². The van der Waals surface area contributed by atoms with Gasteiger partial charge in [0, 0.05) is 41.2 Å². The number of pyridine rings is 1. The molecular weight excluding hydrogens is 586 g/mol. The Bertz CT molecular complexity index is 1810. The molecule has 0 saturated heterocycles. The Morgan fingerprint density at radius 3 is 2.41 bits per heavy atom. The first-order valence-electron chi connectivity index (χ1n) is 13.7. The van der Waals surface area contributed by atoms with Gasteiger partial charge in [0.2, 0.25) is 5.91 Å². The van der Waals surface area contributed by atoms with Crippen LogP contribution in [-0.4, -0.2) is 30.6 Å². The van der Waals surface area contributed by atoms with Gasteiger partial charge >= 0.3 is 0 Å². The van der Waals surface area contributed by atoms with Crippen molar-refractivity contribution in [3.63, 3.8) is 0 Å². The summed E-state index contributed by atoms with van der Waals surface area (Å²) in [5, 5.41) is 8.04. The number of rotatable bonds is 10. The second kappa shape index (κ2) is 12.1. The van der Waals surface area contributed by atoms with Crippen molar-refractivity contribution in [1.29, 1.82) is 0 Å². The highest BCUT2D eigenvalue weighted by Gasteiger charge is 2.38. The summed E-state index contributed by atoms with van der Waals surface area (Å²) in [6, 6.07) is 9.14. The van der Waals surface area contributed by atoms with Gasteiger partial charge in [0.25, 0.3) is 12.9 Å². The van der Waals surface area contributed by atoms with Crippen LogP contribution in [0, 0.1) is 11.6 Å². The van der Waals surface area contributed by atoms with Gasteiger partial charge < -0.3 is 5.32 Å². The van der Waals surface area contributed by atoms with Crippen LogP contribution in [0.4, 0.5) is 26.3 Å². The Kier molecular flexibility index (Phi) is 8.02. The van der Waals surface area contributed by atoms with Crippen molar-refractivity contribution in [3.05, 3.63) is 107 Å². The number of carbonyl (C=O) groups excluding carboxylic acids is 1. The van der Waals surface area contributed by atoms with Crippen LogP contribution >= 0.6 is 0 Å². The van der Waals surface area contributed by atoms with Crippen LogP contribution in [0.1, 0.15) is 65.9 Å². The fourth-order valence-electron chi connectivity index (χ4n) is 5.55. The van der Waals surface area contributed by atoms with E-state index in [2.05, 4.69) is 25.4 Å². The zero-order valence-corrected chi connectivity index (χ0v) is 22.9. The maximum atomic E-state index is 14.1. The van der Waals surface area contributed by atoms with Crippen LogP contribution in [-0.2, 0) is 17.8 Å². The first-order chi connectivity index (χ1) is 21.2. The third-order valence-electron chi connectivity index (χ3n) is 7.49. The van der Waals surface area contributed by atoms with Gasteiger partial charge in [-0.1, -0.05) is 18.2 Å². The highest BCUT2D eigenvalue weighted by molar-refractivity contribution is 5.96. The van der Waals surface area contributed by atoms with E-state index in [0.29, 0.717) is 34.7 Å². The van der Waals surface area contributed by atoms with Gasteiger partial charge in [0.05, 0.1) is 11.7 Å². The topological polar surface area (TPSA) is 85.6 Å². The number of fused-ring (bicyclic) bond motifs is 1. The SMILES string of the molecule is O=C(Cn1nc(C(F)F)c(C2CC2)c1C(F)F)N[C@@H](Cc1cc(F)cc(F)c1)c1ncncc1-c1cccc2cnccc12. The zero-order chi connectivity index (χ0) is 31.0. The molecule has 13 heteroatoms. The Morgan fingerprint density at radius 1 is 0.932 bits per heavy atom. The minimum absolute atomic E-state index is 0.146. The van der Waals surface area contributed by atoms with E-state index in [1.165, 1.54) is 12.5 Å². The second-order valence-electron chi connectivity index (χ2n) is 10.5. The number of benzene rings is 2. The molecule has 0 unspecified atom stereocenters. The van der Waals surface area contributed by atoms with E-state index >= 15 is 0 Å². The smallest absolute Gasteiger partial charge is 0.282 e. The maximum Gasteiger partial charge on any atom is 0.282 e. The van der Waals surface area contributed by atoms with Gasteiger partial charge in [-0.05, 0) is 59.9 Å². The van der Waals surface area contributed by atoms with E-state index in [4.69, 9.17) is 0 Å². The third-order valence-corrected chi connectivity index (χ3v) is 7.49. The van der Waals surface area contributed by atoms with Gasteiger partial charge in [0.1, 0.15) is 35.9 Å². The predicted octanol–water partition coefficient (Wildman–Crippen LogP) is 7.02. The molecule has 1 fully saturated rings. The highest BCUT2D eigenvalue weighted by Crippen LogP contribution is 2.47. The van der Waals surface area contributed by atoms with Gasteiger partial charge in [-0.2, -0.15) is 5.10 Å². The first-order valence-corrected chi connectivity index (χ1v) is 13.7. The summed E-state index contributed by atoms with van der Waals surface area (Å²) < 4.78 is 84.7. The van der Waals surface area contributed by atoms with E-state index in [1.54, 1.807) is 24.5 Å². The molecule has 2 aromatic carbocycles. The summed E-state index contributed by atoms with van der Waals surface area (Å²) in [6.45, 7) is -0.791. The van der Waals surface area contributed by atoms with Gasteiger partial charge in [0.15, 0.2) is 0 Å². The predicted molar refractivity (Wildman–Crippen MR) is 148 cm³/mol. The summed E-state index contributed by atoms with van der Waals surface area (Å²) in [5.41, 5.74) is -0.0350. The summed E-state index contributed by atoms with van der Waals surface area (Å²) in [7, 11) is 0. The molecule has 1 atom stereocenters. The number of hydrogen-bond acceptors (Lipinski definition) is 5. The minimum Gasteiger partial charge on any atom is -0.346 e. The number of halogens is 6. The molecule has 6 rings (SSSR count). The molecule has 44 heavy (non-hydrogen) atoms. The summed E-state index contributed by atoms with van der Waals surface area (Å²) in [4.78, 5) is 26.1. The number of carbonyl (C=O) groups is 1. The normalized spacial score (nSPS) is 14.0. The van der Waals surface area contributed by atoms with Crippen molar-refractivity contribution in [2.45, 2.75) is 50.6 Å². The third kappa shape index (κ3) is 5.99. The number of hydrogen-bond donors (Lipinski definition) is 1. The summed E-state index contributed by atoms with van der Waals surface area (Å²) in [6.07, 6.45) is 0.630. The largest absolute Gasteiger partial charge is 0.346 e. The van der Waals surface area contributed by atoms with Crippen LogP contribution in [0.5, 0.6) is 0 Å². The number of amides is 1. The fraction of sp³-hybridized carbons (Fsp3) is 0.258. The quantitative estimate of drug-likeness (QED) is 0.172. The van der Waals surface area contributed by atoms with E-state index in [-0.39, 0.29) is 23.2 Å². The van der Waals surface area contributed by atoms with Crippen molar-refractivity contribution in [1.82, 2.24) is 30.0 Å². The molecule has 0 spiro atoms. The Balaban J connectivity index is 1.39. The zero-order valence-electron chi connectivity index (χ0n) is 22.9. The molecule has 226 valence electrons. The monoisotopic (exact) mass is 610 g/mol. The van der Waals surface area contributed by atoms with Gasteiger partial charge in [-0.15, -0.1) is 0 Å². The minimum atomic E-state index is -3.14. The Hall–Kier alpha value is -4.81. The molecule has 5 aromatic rings. The molecule has 1 aliphatic carbocycles. The Morgan fingerprint density at radius 2 is 1.70 bits per heavy atom. The van der Waals surface area contributed by atoms with Crippen LogP contribution < -0.4 is 5.32 Å². The molecule has 3 heterocycles. The first kappa shape index (κ1) is 29.3. The second-order valence-corrected chi connectivity index (χ2v) is 10.5. The number of nitrogens with one attached hydrogen (secondary N) is 1. The van der Waals surface area contributed by atoms with Crippen LogP contribution in [0.3, 0.4) is 0 Å². The van der Waals surface area contributed by atoms with Crippen LogP contribution in [0.25, 0.3) is 21.9 Å². The molecule has 0 radical (unpaired) electrons. The molecule has 7 nitrogen and oxygen atoms in total. The molecule has 1 saturated carbocycles. The molecule has 1 amide bonds. The maximum absolute atomic E-state index is 14.1. The average Bonchev–Trinajstić information content (AvgIpc) is 3.76. The fourth-order valence-corrected chi connectivity index (χ4v) is 5.55. The molecule has 0 bridgehead atoms. The van der Waals surface area contributed by atoms with Crippen molar-refractivity contribution in [2.75, 3.05) is 0 Å². The van der Waals surface area contributed by atoms with E-state index < -0.39 is 60.3 Å². The highest BCUT2D eigenvalue weighted by atomic mass is 19.3.